The topological polar surface area (TPSA) is 52.6 Å². The first-order chi connectivity index (χ1) is 13.7. The van der Waals surface area contributed by atoms with Crippen LogP contribution in [-0.2, 0) is 16.6 Å². The average molecular weight is 419 g/mol. The summed E-state index contributed by atoms with van der Waals surface area (Å²) in [5.74, 6) is -1.01. The quantitative estimate of drug-likeness (QED) is 0.714. The molecular weight excluding hydrogens is 391 g/mol. The highest BCUT2D eigenvalue weighted by Gasteiger charge is 2.62. The predicted molar refractivity (Wildman–Crippen MR) is 114 cm³/mol. The zero-order valence-electron chi connectivity index (χ0n) is 17.2. The summed E-state index contributed by atoms with van der Waals surface area (Å²) in [5, 5.41) is 12.6. The van der Waals surface area contributed by atoms with E-state index in [0.29, 0.717) is 18.5 Å². The number of hydrogen-bond acceptors (Lipinski definition) is 3. The van der Waals surface area contributed by atoms with Crippen LogP contribution in [0.2, 0.25) is 5.02 Å². The fourth-order valence-electron chi connectivity index (χ4n) is 4.24. The Hall–Kier alpha value is -2.11. The summed E-state index contributed by atoms with van der Waals surface area (Å²) in [6, 6.07) is 13.0. The number of carbonyl (C=O) groups is 1. The maximum absolute atomic E-state index is 13.8. The van der Waals surface area contributed by atoms with Crippen LogP contribution in [0.3, 0.4) is 0 Å². The molecule has 1 aliphatic rings. The number of phenols is 1. The molecular formula is C23H28ClFN2O2. The molecule has 6 heteroatoms. The van der Waals surface area contributed by atoms with Gasteiger partial charge in [0, 0.05) is 18.0 Å². The Bertz CT molecular complexity index is 867. The van der Waals surface area contributed by atoms with Gasteiger partial charge in [-0.1, -0.05) is 55.8 Å². The Balaban J connectivity index is 1.65. The molecule has 156 valence electrons. The Labute approximate surface area is 176 Å². The molecule has 1 fully saturated rings. The molecule has 1 saturated carbocycles. The van der Waals surface area contributed by atoms with E-state index in [9.17, 15) is 14.3 Å². The van der Waals surface area contributed by atoms with Crippen LogP contribution in [0.25, 0.3) is 0 Å². The molecule has 0 heterocycles. The summed E-state index contributed by atoms with van der Waals surface area (Å²) < 4.78 is 13.8. The molecule has 3 rings (SSSR count). The lowest BCUT2D eigenvalue weighted by atomic mass is 9.94. The smallest absolute Gasteiger partial charge is 0.224 e. The van der Waals surface area contributed by atoms with E-state index >= 15 is 0 Å². The lowest BCUT2D eigenvalue weighted by Gasteiger charge is -2.25. The van der Waals surface area contributed by atoms with Gasteiger partial charge in [0.25, 0.3) is 0 Å². The number of aromatic hydroxyl groups is 1. The number of rotatable bonds is 7. The van der Waals surface area contributed by atoms with Gasteiger partial charge in [-0.25, -0.2) is 4.39 Å². The molecule has 0 bridgehead atoms. The van der Waals surface area contributed by atoms with Crippen LogP contribution in [0.4, 0.5) is 4.39 Å². The molecule has 0 saturated heterocycles. The van der Waals surface area contributed by atoms with Crippen molar-refractivity contribution in [3.8, 4) is 5.75 Å². The lowest BCUT2D eigenvalue weighted by molar-refractivity contribution is -0.123. The fourth-order valence-corrected chi connectivity index (χ4v) is 4.47. The molecule has 2 N–H and O–H groups in total. The summed E-state index contributed by atoms with van der Waals surface area (Å²) in [6.45, 7) is 4.70. The minimum atomic E-state index is -0.737. The van der Waals surface area contributed by atoms with Crippen molar-refractivity contribution in [3.05, 3.63) is 64.4 Å². The molecule has 2 aromatic carbocycles. The third-order valence-electron chi connectivity index (χ3n) is 6.45. The predicted octanol–water partition coefficient (Wildman–Crippen LogP) is 4.00. The largest absolute Gasteiger partial charge is 0.504 e. The van der Waals surface area contributed by atoms with Crippen molar-refractivity contribution in [2.75, 3.05) is 20.6 Å². The van der Waals surface area contributed by atoms with Crippen molar-refractivity contribution in [3.63, 3.8) is 0 Å². The van der Waals surface area contributed by atoms with E-state index < -0.39 is 11.6 Å². The number of nitrogens with zero attached hydrogens (tertiary/aromatic N) is 1. The van der Waals surface area contributed by atoms with Crippen LogP contribution in [0.5, 0.6) is 5.75 Å². The number of phenolic OH excluding ortho intramolecular Hbond substituents is 1. The average Bonchev–Trinajstić information content (AvgIpc) is 3.25. The Morgan fingerprint density at radius 1 is 1.31 bits per heavy atom. The van der Waals surface area contributed by atoms with Crippen molar-refractivity contribution < 1.29 is 14.3 Å². The zero-order valence-corrected chi connectivity index (χ0v) is 18.0. The van der Waals surface area contributed by atoms with Crippen molar-refractivity contribution in [2.45, 2.75) is 31.7 Å². The third kappa shape index (κ3) is 4.26. The lowest BCUT2D eigenvalue weighted by Crippen LogP contribution is -2.42. The summed E-state index contributed by atoms with van der Waals surface area (Å²) in [4.78, 5) is 14.9. The van der Waals surface area contributed by atoms with E-state index in [4.69, 9.17) is 11.6 Å². The number of benzene rings is 2. The van der Waals surface area contributed by atoms with Gasteiger partial charge in [0.15, 0.2) is 11.6 Å². The highest BCUT2D eigenvalue weighted by Crippen LogP contribution is 2.59. The van der Waals surface area contributed by atoms with Gasteiger partial charge in [0.05, 0.1) is 10.9 Å². The number of amides is 1. The number of halogens is 2. The fraction of sp³-hybridized carbons (Fsp3) is 0.435. The standard InChI is InChI=1S/C23H28ClFN2O2/c1-14-20(23(14,2)16-8-6-5-7-9-16)22(29)26-13-17(27(3)4)10-15-11-18(24)21(28)19(25)12-15/h5-9,11-12,14,17,20,28H,10,13H2,1-4H3,(H,26,29)/t14?,17-,20?,23+/m0/s1. The number of carbonyl (C=O) groups excluding carboxylic acids is 1. The summed E-state index contributed by atoms with van der Waals surface area (Å²) in [6.07, 6.45) is 0.500. The molecule has 0 aromatic heterocycles. The molecule has 29 heavy (non-hydrogen) atoms. The van der Waals surface area contributed by atoms with Gasteiger partial charge in [0.1, 0.15) is 0 Å². The van der Waals surface area contributed by atoms with E-state index in [1.165, 1.54) is 11.6 Å². The van der Waals surface area contributed by atoms with Crippen molar-refractivity contribution >= 4 is 17.5 Å². The van der Waals surface area contributed by atoms with E-state index in [-0.39, 0.29) is 34.2 Å². The first-order valence-corrected chi connectivity index (χ1v) is 10.2. The number of hydrogen-bond donors (Lipinski definition) is 2. The minimum absolute atomic E-state index is 0.00743. The molecule has 4 atom stereocenters. The van der Waals surface area contributed by atoms with Crippen molar-refractivity contribution in [1.82, 2.24) is 10.2 Å². The van der Waals surface area contributed by atoms with Crippen LogP contribution in [0.1, 0.15) is 25.0 Å². The van der Waals surface area contributed by atoms with Crippen molar-refractivity contribution in [2.24, 2.45) is 11.8 Å². The van der Waals surface area contributed by atoms with Crippen LogP contribution in [0, 0.1) is 17.7 Å². The van der Waals surface area contributed by atoms with Gasteiger partial charge in [-0.2, -0.15) is 0 Å². The third-order valence-corrected chi connectivity index (χ3v) is 6.74. The zero-order chi connectivity index (χ0) is 21.3. The van der Waals surface area contributed by atoms with E-state index in [1.807, 2.05) is 37.2 Å². The van der Waals surface area contributed by atoms with E-state index in [0.717, 1.165) is 0 Å². The number of nitrogens with one attached hydrogen (secondary N) is 1. The molecule has 4 nitrogen and oxygen atoms in total. The first-order valence-electron chi connectivity index (χ1n) is 9.82. The van der Waals surface area contributed by atoms with Crippen LogP contribution < -0.4 is 5.32 Å². The second-order valence-electron chi connectivity index (χ2n) is 8.39. The van der Waals surface area contributed by atoms with Gasteiger partial charge in [-0.05, 0) is 49.7 Å². The minimum Gasteiger partial charge on any atom is -0.504 e. The SMILES string of the molecule is CC1C(C(=O)NC[C@H](Cc2cc(F)c(O)c(Cl)c2)N(C)C)[C@@]1(C)c1ccccc1. The molecule has 0 radical (unpaired) electrons. The summed E-state index contributed by atoms with van der Waals surface area (Å²) in [5.41, 5.74) is 1.71. The molecule has 2 aromatic rings. The Kier molecular flexibility index (Phi) is 6.20. The molecule has 1 aliphatic carbocycles. The van der Waals surface area contributed by atoms with Gasteiger partial charge in [0.2, 0.25) is 5.91 Å². The van der Waals surface area contributed by atoms with Crippen molar-refractivity contribution in [1.29, 1.82) is 0 Å². The first kappa shape index (κ1) is 21.6. The van der Waals surface area contributed by atoms with Gasteiger partial charge in [-0.3, -0.25) is 4.79 Å². The summed E-state index contributed by atoms with van der Waals surface area (Å²) in [7, 11) is 3.84. The number of likely N-dealkylation sites (N-methyl/N-ethyl adjacent to an activating group) is 1. The van der Waals surface area contributed by atoms with Crippen LogP contribution in [-0.4, -0.2) is 42.6 Å². The maximum atomic E-state index is 13.8. The second-order valence-corrected chi connectivity index (χ2v) is 8.80. The maximum Gasteiger partial charge on any atom is 0.224 e. The van der Waals surface area contributed by atoms with Crippen LogP contribution >= 0.6 is 11.6 Å². The molecule has 0 spiro atoms. The normalized spacial score (nSPS) is 24.4. The van der Waals surface area contributed by atoms with Gasteiger partial charge in [-0.15, -0.1) is 0 Å². The Morgan fingerprint density at radius 2 is 1.97 bits per heavy atom. The highest BCUT2D eigenvalue weighted by atomic mass is 35.5. The molecule has 1 amide bonds. The monoisotopic (exact) mass is 418 g/mol. The van der Waals surface area contributed by atoms with E-state index in [1.54, 1.807) is 6.07 Å². The summed E-state index contributed by atoms with van der Waals surface area (Å²) >= 11 is 5.89. The van der Waals surface area contributed by atoms with Gasteiger partial charge < -0.3 is 15.3 Å². The van der Waals surface area contributed by atoms with Gasteiger partial charge >= 0.3 is 0 Å². The van der Waals surface area contributed by atoms with Crippen LogP contribution in [0.15, 0.2) is 42.5 Å². The Morgan fingerprint density at radius 3 is 2.55 bits per heavy atom. The molecule has 0 aliphatic heterocycles. The second kappa shape index (κ2) is 8.33. The van der Waals surface area contributed by atoms with E-state index in [2.05, 4.69) is 31.3 Å². The highest BCUT2D eigenvalue weighted by molar-refractivity contribution is 6.32. The molecule has 2 unspecified atom stereocenters.